The van der Waals surface area contributed by atoms with Gasteiger partial charge in [-0.1, -0.05) is 17.3 Å². The SMILES string of the molecule is Cc1cc(N2C(=O)CSC2c2ccc(N3CCCC3)cc2)no1. The first kappa shape index (κ1) is 14.6. The number of hydrogen-bond donors (Lipinski definition) is 0. The number of benzene rings is 1. The summed E-state index contributed by atoms with van der Waals surface area (Å²) < 4.78 is 5.14. The Morgan fingerprint density at radius 1 is 1.22 bits per heavy atom. The topological polar surface area (TPSA) is 49.6 Å². The van der Waals surface area contributed by atoms with Crippen LogP contribution in [0.1, 0.15) is 29.5 Å². The fraction of sp³-hybridized carbons (Fsp3) is 0.412. The van der Waals surface area contributed by atoms with Crippen LogP contribution in [0.25, 0.3) is 0 Å². The molecule has 1 aromatic carbocycles. The van der Waals surface area contributed by atoms with Crippen LogP contribution in [0.3, 0.4) is 0 Å². The molecular formula is C17H19N3O2S. The van der Waals surface area contributed by atoms with E-state index in [9.17, 15) is 4.79 Å². The molecule has 2 aromatic rings. The van der Waals surface area contributed by atoms with Gasteiger partial charge in [0.2, 0.25) is 5.91 Å². The molecule has 0 bridgehead atoms. The number of aromatic nitrogens is 1. The third-order valence-electron chi connectivity index (χ3n) is 4.38. The summed E-state index contributed by atoms with van der Waals surface area (Å²) in [6.45, 7) is 4.12. The van der Waals surface area contributed by atoms with Crippen LogP contribution in [0.15, 0.2) is 34.9 Å². The molecule has 1 atom stereocenters. The molecule has 0 saturated carbocycles. The minimum absolute atomic E-state index is 0.0281. The Balaban J connectivity index is 1.59. The minimum atomic E-state index is -0.0281. The fourth-order valence-electron chi connectivity index (χ4n) is 3.21. The fourth-order valence-corrected chi connectivity index (χ4v) is 4.37. The average molecular weight is 329 g/mol. The van der Waals surface area contributed by atoms with E-state index in [1.807, 2.05) is 13.0 Å². The Morgan fingerprint density at radius 3 is 2.61 bits per heavy atom. The van der Waals surface area contributed by atoms with E-state index < -0.39 is 0 Å². The van der Waals surface area contributed by atoms with Crippen molar-refractivity contribution in [1.29, 1.82) is 0 Å². The molecule has 2 fully saturated rings. The first-order valence-electron chi connectivity index (χ1n) is 7.94. The van der Waals surface area contributed by atoms with Crippen LogP contribution in [0.4, 0.5) is 11.5 Å². The second kappa shape index (κ2) is 5.92. The molecule has 4 rings (SSSR count). The van der Waals surface area contributed by atoms with Crippen LogP contribution in [-0.2, 0) is 4.79 Å². The largest absolute Gasteiger partial charge is 0.372 e. The maximum absolute atomic E-state index is 12.3. The normalized spacial score (nSPS) is 21.4. The van der Waals surface area contributed by atoms with E-state index in [0.717, 1.165) is 18.7 Å². The van der Waals surface area contributed by atoms with E-state index in [2.05, 4.69) is 34.3 Å². The predicted octanol–water partition coefficient (Wildman–Crippen LogP) is 3.36. The highest BCUT2D eigenvalue weighted by Crippen LogP contribution is 2.41. The molecule has 1 aromatic heterocycles. The summed E-state index contributed by atoms with van der Waals surface area (Å²) in [5.74, 6) is 1.88. The van der Waals surface area contributed by atoms with Gasteiger partial charge in [-0.2, -0.15) is 0 Å². The van der Waals surface area contributed by atoms with Crippen molar-refractivity contribution in [3.05, 3.63) is 41.7 Å². The van der Waals surface area contributed by atoms with Crippen molar-refractivity contribution >= 4 is 29.2 Å². The lowest BCUT2D eigenvalue weighted by atomic mass is 10.1. The second-order valence-corrected chi connectivity index (χ2v) is 7.08. The second-order valence-electron chi connectivity index (χ2n) is 6.01. The van der Waals surface area contributed by atoms with Gasteiger partial charge in [0.05, 0.1) is 5.75 Å². The number of hydrogen-bond acceptors (Lipinski definition) is 5. The highest BCUT2D eigenvalue weighted by molar-refractivity contribution is 8.00. The monoisotopic (exact) mass is 329 g/mol. The van der Waals surface area contributed by atoms with Crippen molar-refractivity contribution in [3.8, 4) is 0 Å². The van der Waals surface area contributed by atoms with Crippen molar-refractivity contribution < 1.29 is 9.32 Å². The van der Waals surface area contributed by atoms with Crippen LogP contribution < -0.4 is 9.80 Å². The van der Waals surface area contributed by atoms with E-state index in [0.29, 0.717) is 17.3 Å². The molecule has 1 unspecified atom stereocenters. The number of thioether (sulfide) groups is 1. The molecule has 120 valence electrons. The molecule has 0 aliphatic carbocycles. The zero-order valence-electron chi connectivity index (χ0n) is 13.1. The standard InChI is InChI=1S/C17H19N3O2S/c1-12-10-15(18-22-12)20-16(21)11-23-17(20)13-4-6-14(7-5-13)19-8-2-3-9-19/h4-7,10,17H,2-3,8-9,11H2,1H3. The zero-order valence-corrected chi connectivity index (χ0v) is 13.9. The molecule has 3 heterocycles. The molecule has 0 radical (unpaired) electrons. The third-order valence-corrected chi connectivity index (χ3v) is 5.59. The molecule has 5 nitrogen and oxygen atoms in total. The molecular weight excluding hydrogens is 310 g/mol. The highest BCUT2D eigenvalue weighted by Gasteiger charge is 2.35. The number of nitrogens with zero attached hydrogens (tertiary/aromatic N) is 3. The lowest BCUT2D eigenvalue weighted by Crippen LogP contribution is -2.28. The lowest BCUT2D eigenvalue weighted by molar-refractivity contribution is -0.115. The maximum Gasteiger partial charge on any atom is 0.239 e. The molecule has 0 N–H and O–H groups in total. The molecule has 1 amide bonds. The summed E-state index contributed by atoms with van der Waals surface area (Å²) in [5.41, 5.74) is 2.40. The van der Waals surface area contributed by atoms with Gasteiger partial charge < -0.3 is 9.42 Å². The zero-order chi connectivity index (χ0) is 15.8. The lowest BCUT2D eigenvalue weighted by Gasteiger charge is -2.23. The van der Waals surface area contributed by atoms with Crippen LogP contribution in [-0.4, -0.2) is 29.9 Å². The van der Waals surface area contributed by atoms with Crippen molar-refractivity contribution in [2.75, 3.05) is 28.6 Å². The molecule has 2 saturated heterocycles. The quantitative estimate of drug-likeness (QED) is 0.864. The summed E-state index contributed by atoms with van der Waals surface area (Å²) in [6, 6.07) is 10.4. The van der Waals surface area contributed by atoms with E-state index in [-0.39, 0.29) is 11.3 Å². The van der Waals surface area contributed by atoms with Gasteiger partial charge in [0.15, 0.2) is 5.82 Å². The number of anilines is 2. The Hall–Kier alpha value is -1.95. The van der Waals surface area contributed by atoms with Gasteiger partial charge in [-0.25, -0.2) is 0 Å². The van der Waals surface area contributed by atoms with Gasteiger partial charge in [-0.05, 0) is 37.5 Å². The number of carbonyl (C=O) groups excluding carboxylic acids is 1. The van der Waals surface area contributed by atoms with Crippen LogP contribution in [0.2, 0.25) is 0 Å². The van der Waals surface area contributed by atoms with Gasteiger partial charge in [-0.3, -0.25) is 9.69 Å². The average Bonchev–Trinajstić information content (AvgIpc) is 3.28. The molecule has 6 heteroatoms. The smallest absolute Gasteiger partial charge is 0.239 e. The number of rotatable bonds is 3. The van der Waals surface area contributed by atoms with Crippen LogP contribution >= 0.6 is 11.8 Å². The first-order chi connectivity index (χ1) is 11.2. The van der Waals surface area contributed by atoms with Gasteiger partial charge in [-0.15, -0.1) is 11.8 Å². The number of amides is 1. The molecule has 0 spiro atoms. The number of aryl methyl sites for hydroxylation is 1. The Bertz CT molecular complexity index is 707. The molecule has 2 aliphatic rings. The summed E-state index contributed by atoms with van der Waals surface area (Å²) in [5, 5.41) is 3.98. The Kier molecular flexibility index (Phi) is 3.77. The third kappa shape index (κ3) is 2.72. The highest BCUT2D eigenvalue weighted by atomic mass is 32.2. The van der Waals surface area contributed by atoms with E-state index in [4.69, 9.17) is 4.52 Å². The summed E-state index contributed by atoms with van der Waals surface area (Å²) in [6.07, 6.45) is 2.54. The maximum atomic E-state index is 12.3. The summed E-state index contributed by atoms with van der Waals surface area (Å²) >= 11 is 1.63. The first-order valence-corrected chi connectivity index (χ1v) is 8.99. The van der Waals surface area contributed by atoms with Crippen LogP contribution in [0.5, 0.6) is 0 Å². The van der Waals surface area contributed by atoms with Gasteiger partial charge in [0, 0.05) is 24.8 Å². The van der Waals surface area contributed by atoms with Crippen molar-refractivity contribution in [2.45, 2.75) is 25.1 Å². The predicted molar refractivity (Wildman–Crippen MR) is 91.8 cm³/mol. The van der Waals surface area contributed by atoms with Crippen molar-refractivity contribution in [3.63, 3.8) is 0 Å². The summed E-state index contributed by atoms with van der Waals surface area (Å²) in [7, 11) is 0. The number of carbonyl (C=O) groups is 1. The van der Waals surface area contributed by atoms with Crippen LogP contribution in [0, 0.1) is 6.92 Å². The van der Waals surface area contributed by atoms with Crippen molar-refractivity contribution in [1.82, 2.24) is 5.16 Å². The summed E-state index contributed by atoms with van der Waals surface area (Å²) in [4.78, 5) is 16.4. The van der Waals surface area contributed by atoms with Gasteiger partial charge >= 0.3 is 0 Å². The van der Waals surface area contributed by atoms with E-state index in [1.165, 1.54) is 18.5 Å². The van der Waals surface area contributed by atoms with E-state index in [1.54, 1.807) is 16.7 Å². The minimum Gasteiger partial charge on any atom is -0.372 e. The Morgan fingerprint density at radius 2 is 1.96 bits per heavy atom. The van der Waals surface area contributed by atoms with E-state index >= 15 is 0 Å². The molecule has 23 heavy (non-hydrogen) atoms. The Labute approximate surface area is 139 Å². The van der Waals surface area contributed by atoms with Gasteiger partial charge in [0.1, 0.15) is 11.1 Å². The van der Waals surface area contributed by atoms with Gasteiger partial charge in [0.25, 0.3) is 0 Å². The van der Waals surface area contributed by atoms with Crippen molar-refractivity contribution in [2.24, 2.45) is 0 Å². The molecule has 2 aliphatic heterocycles.